The molecular weight excluding hydrogens is 348 g/mol. The Hall–Kier alpha value is -1.82. The second kappa shape index (κ2) is 7.82. The number of fused-ring (bicyclic) bond motifs is 1. The van der Waals surface area contributed by atoms with E-state index in [2.05, 4.69) is 11.4 Å². The van der Waals surface area contributed by atoms with Crippen LogP contribution in [0.5, 0.6) is 0 Å². The van der Waals surface area contributed by atoms with Crippen LogP contribution in [-0.2, 0) is 16.4 Å². The number of rotatable bonds is 6. The van der Waals surface area contributed by atoms with Gasteiger partial charge in [-0.2, -0.15) is 0 Å². The van der Waals surface area contributed by atoms with Crippen molar-refractivity contribution in [2.24, 2.45) is 0 Å². The Labute approximate surface area is 156 Å². The molecule has 0 fully saturated rings. The average Bonchev–Trinajstić information content (AvgIpc) is 2.98. The standard InChI is InChI=1S/C20H28N2O3S/c1-3-26(24,25)22-15(2)13-18-14-17(9-10-19(18)22)20(23)21-12-11-16-7-5-4-6-8-16/h7,9-10,14-15H,3-6,8,11-13H2,1-2H3,(H,21,23)/t15-/m0/s1. The molecule has 2 aliphatic rings. The van der Waals surface area contributed by atoms with Gasteiger partial charge in [0.1, 0.15) is 0 Å². The minimum atomic E-state index is -3.29. The van der Waals surface area contributed by atoms with E-state index >= 15 is 0 Å². The maximum absolute atomic E-state index is 12.4. The molecule has 0 aromatic heterocycles. The zero-order valence-electron chi connectivity index (χ0n) is 15.6. The van der Waals surface area contributed by atoms with Gasteiger partial charge in [-0.15, -0.1) is 0 Å². The van der Waals surface area contributed by atoms with E-state index in [0.29, 0.717) is 24.2 Å². The van der Waals surface area contributed by atoms with Crippen molar-refractivity contribution >= 4 is 21.6 Å². The number of amides is 1. The van der Waals surface area contributed by atoms with E-state index < -0.39 is 10.0 Å². The summed E-state index contributed by atoms with van der Waals surface area (Å²) in [5.74, 6) is -0.0110. The number of carbonyl (C=O) groups is 1. The largest absolute Gasteiger partial charge is 0.352 e. The smallest absolute Gasteiger partial charge is 0.251 e. The molecule has 1 heterocycles. The highest BCUT2D eigenvalue weighted by Gasteiger charge is 2.34. The average molecular weight is 377 g/mol. The van der Waals surface area contributed by atoms with Crippen LogP contribution in [0.1, 0.15) is 61.9 Å². The molecule has 5 nitrogen and oxygen atoms in total. The van der Waals surface area contributed by atoms with E-state index in [1.165, 1.54) is 22.7 Å². The van der Waals surface area contributed by atoms with Crippen molar-refractivity contribution in [3.05, 3.63) is 41.0 Å². The van der Waals surface area contributed by atoms with Gasteiger partial charge in [-0.25, -0.2) is 8.42 Å². The Balaban J connectivity index is 1.66. The van der Waals surface area contributed by atoms with Crippen molar-refractivity contribution in [3.8, 4) is 0 Å². The number of carbonyl (C=O) groups excluding carboxylic acids is 1. The Morgan fingerprint density at radius 3 is 2.81 bits per heavy atom. The van der Waals surface area contributed by atoms with E-state index in [-0.39, 0.29) is 17.7 Å². The molecule has 0 saturated carbocycles. The van der Waals surface area contributed by atoms with Crippen LogP contribution in [0.25, 0.3) is 0 Å². The van der Waals surface area contributed by atoms with Gasteiger partial charge < -0.3 is 5.32 Å². The summed E-state index contributed by atoms with van der Waals surface area (Å²) in [6.07, 6.45) is 8.68. The molecule has 6 heteroatoms. The number of nitrogens with one attached hydrogen (secondary N) is 1. The molecule has 1 amide bonds. The molecule has 142 valence electrons. The van der Waals surface area contributed by atoms with Crippen LogP contribution in [0.3, 0.4) is 0 Å². The molecule has 0 bridgehead atoms. The molecule has 26 heavy (non-hydrogen) atoms. The fraction of sp³-hybridized carbons (Fsp3) is 0.550. The summed E-state index contributed by atoms with van der Waals surface area (Å²) >= 11 is 0. The van der Waals surface area contributed by atoms with Gasteiger partial charge in [0.25, 0.3) is 5.91 Å². The number of sulfonamides is 1. The van der Waals surface area contributed by atoms with E-state index in [1.54, 1.807) is 19.1 Å². The monoisotopic (exact) mass is 376 g/mol. The van der Waals surface area contributed by atoms with Crippen molar-refractivity contribution in [1.82, 2.24) is 5.32 Å². The van der Waals surface area contributed by atoms with E-state index in [4.69, 9.17) is 0 Å². The third-order valence-electron chi connectivity index (χ3n) is 5.28. The van der Waals surface area contributed by atoms with Gasteiger partial charge in [-0.3, -0.25) is 9.10 Å². The number of benzene rings is 1. The molecule has 0 spiro atoms. The van der Waals surface area contributed by atoms with Crippen LogP contribution in [0, 0.1) is 0 Å². The maximum Gasteiger partial charge on any atom is 0.251 e. The molecule has 0 unspecified atom stereocenters. The van der Waals surface area contributed by atoms with Crippen molar-refractivity contribution < 1.29 is 13.2 Å². The van der Waals surface area contributed by atoms with Gasteiger partial charge in [0.2, 0.25) is 10.0 Å². The Bertz CT molecular complexity index is 814. The molecule has 0 radical (unpaired) electrons. The molecule has 1 N–H and O–H groups in total. The van der Waals surface area contributed by atoms with Crippen molar-refractivity contribution in [1.29, 1.82) is 0 Å². The Kier molecular flexibility index (Phi) is 5.70. The minimum Gasteiger partial charge on any atom is -0.352 e. The normalized spacial score (nSPS) is 19.8. The van der Waals surface area contributed by atoms with Crippen LogP contribution in [0.2, 0.25) is 0 Å². The second-order valence-electron chi connectivity index (χ2n) is 7.21. The quantitative estimate of drug-likeness (QED) is 0.774. The number of allylic oxidation sites excluding steroid dienone is 1. The van der Waals surface area contributed by atoms with Crippen LogP contribution >= 0.6 is 0 Å². The molecule has 1 atom stereocenters. The second-order valence-corrected chi connectivity index (χ2v) is 9.34. The minimum absolute atomic E-state index is 0.0782. The number of nitrogens with zero attached hydrogens (tertiary/aromatic N) is 1. The Morgan fingerprint density at radius 2 is 2.12 bits per heavy atom. The SMILES string of the molecule is CCS(=O)(=O)N1c2ccc(C(=O)NCCC3=CCCCC3)cc2C[C@@H]1C. The van der Waals surface area contributed by atoms with Gasteiger partial charge >= 0.3 is 0 Å². The summed E-state index contributed by atoms with van der Waals surface area (Å²) in [4.78, 5) is 12.4. The first kappa shape index (κ1) is 19.0. The lowest BCUT2D eigenvalue weighted by Crippen LogP contribution is -2.36. The van der Waals surface area contributed by atoms with Crippen molar-refractivity contribution in [2.75, 3.05) is 16.6 Å². The van der Waals surface area contributed by atoms with Gasteiger partial charge in [-0.05, 0) is 76.1 Å². The molecule has 1 aromatic rings. The van der Waals surface area contributed by atoms with Crippen LogP contribution in [0.15, 0.2) is 29.8 Å². The first-order valence-electron chi connectivity index (χ1n) is 9.53. The summed E-state index contributed by atoms with van der Waals surface area (Å²) in [6, 6.07) is 5.23. The van der Waals surface area contributed by atoms with Gasteiger partial charge in [-0.1, -0.05) is 11.6 Å². The van der Waals surface area contributed by atoms with Crippen LogP contribution in [-0.4, -0.2) is 32.7 Å². The number of hydrogen-bond donors (Lipinski definition) is 1. The number of anilines is 1. The highest BCUT2D eigenvalue weighted by Crippen LogP contribution is 2.35. The molecular formula is C20H28N2O3S. The van der Waals surface area contributed by atoms with Gasteiger partial charge in [0, 0.05) is 18.2 Å². The Morgan fingerprint density at radius 1 is 1.31 bits per heavy atom. The zero-order chi connectivity index (χ0) is 18.7. The van der Waals surface area contributed by atoms with Crippen molar-refractivity contribution in [3.63, 3.8) is 0 Å². The summed E-state index contributed by atoms with van der Waals surface area (Å²) in [5, 5.41) is 2.99. The predicted octanol–water partition coefficient (Wildman–Crippen LogP) is 3.41. The first-order valence-corrected chi connectivity index (χ1v) is 11.1. The predicted molar refractivity (Wildman–Crippen MR) is 105 cm³/mol. The van der Waals surface area contributed by atoms with Crippen LogP contribution in [0.4, 0.5) is 5.69 Å². The fourth-order valence-corrected chi connectivity index (χ4v) is 5.26. The maximum atomic E-state index is 12.4. The summed E-state index contributed by atoms with van der Waals surface area (Å²) in [6.45, 7) is 4.21. The lowest BCUT2D eigenvalue weighted by Gasteiger charge is -2.23. The topological polar surface area (TPSA) is 66.5 Å². The lowest BCUT2D eigenvalue weighted by atomic mass is 9.97. The highest BCUT2D eigenvalue weighted by atomic mass is 32.2. The molecule has 1 aromatic carbocycles. The summed E-state index contributed by atoms with van der Waals surface area (Å²) < 4.78 is 26.2. The summed E-state index contributed by atoms with van der Waals surface area (Å²) in [7, 11) is -3.29. The lowest BCUT2D eigenvalue weighted by molar-refractivity contribution is 0.0954. The third kappa shape index (κ3) is 3.95. The van der Waals surface area contributed by atoms with Crippen molar-refractivity contribution in [2.45, 2.75) is 58.4 Å². The molecule has 1 aliphatic heterocycles. The van der Waals surface area contributed by atoms with Crippen LogP contribution < -0.4 is 9.62 Å². The van der Waals surface area contributed by atoms with E-state index in [9.17, 15) is 13.2 Å². The summed E-state index contributed by atoms with van der Waals surface area (Å²) in [5.41, 5.74) is 3.68. The fourth-order valence-electron chi connectivity index (χ4n) is 3.88. The molecule has 0 saturated heterocycles. The molecule has 1 aliphatic carbocycles. The van der Waals surface area contributed by atoms with E-state index in [1.807, 2.05) is 13.0 Å². The highest BCUT2D eigenvalue weighted by molar-refractivity contribution is 7.92. The van der Waals surface area contributed by atoms with Gasteiger partial charge in [0.15, 0.2) is 0 Å². The molecule has 3 rings (SSSR count). The third-order valence-corrected chi connectivity index (χ3v) is 7.16. The first-order chi connectivity index (χ1) is 12.4. The van der Waals surface area contributed by atoms with E-state index in [0.717, 1.165) is 24.8 Å². The van der Waals surface area contributed by atoms with Gasteiger partial charge in [0.05, 0.1) is 11.4 Å². The zero-order valence-corrected chi connectivity index (χ0v) is 16.4. The number of hydrogen-bond acceptors (Lipinski definition) is 3.